The van der Waals surface area contributed by atoms with Crippen molar-refractivity contribution in [3.05, 3.63) is 71.8 Å². The van der Waals surface area contributed by atoms with Crippen LogP contribution in [0.1, 0.15) is 46.4 Å². The summed E-state index contributed by atoms with van der Waals surface area (Å²) < 4.78 is 0. The maximum atomic E-state index is 10.2. The van der Waals surface area contributed by atoms with Crippen LogP contribution in [0.5, 0.6) is 0 Å². The van der Waals surface area contributed by atoms with Gasteiger partial charge in [0.15, 0.2) is 0 Å². The van der Waals surface area contributed by atoms with Gasteiger partial charge in [0.2, 0.25) is 0 Å². The number of aliphatic hydroxyl groups is 2. The van der Waals surface area contributed by atoms with Crippen LogP contribution in [-0.4, -0.2) is 44.6 Å². The maximum Gasteiger partial charge on any atom is 0.335 e. The molecule has 2 aromatic rings. The van der Waals surface area contributed by atoms with E-state index in [-0.39, 0.29) is 12.2 Å². The van der Waals surface area contributed by atoms with Crippen molar-refractivity contribution >= 4 is 11.9 Å². The minimum Gasteiger partial charge on any atom is -0.478 e. The summed E-state index contributed by atoms with van der Waals surface area (Å²) in [6, 6.07) is 16.6. The number of aromatic carboxylic acids is 2. The van der Waals surface area contributed by atoms with Crippen molar-refractivity contribution in [1.29, 1.82) is 0 Å². The van der Waals surface area contributed by atoms with Gasteiger partial charge in [0.1, 0.15) is 0 Å². The zero-order valence-corrected chi connectivity index (χ0v) is 14.4. The number of carboxylic acid groups (broad SMARTS) is 2. The van der Waals surface area contributed by atoms with Gasteiger partial charge in [-0.3, -0.25) is 0 Å². The number of benzene rings is 2. The Kier molecular flexibility index (Phi) is 9.67. The molecule has 4 N–H and O–H groups in total. The third kappa shape index (κ3) is 8.96. The summed E-state index contributed by atoms with van der Waals surface area (Å²) in [5.41, 5.74) is 0.662. The molecule has 26 heavy (non-hydrogen) atoms. The molecule has 1 aliphatic carbocycles. The lowest BCUT2D eigenvalue weighted by molar-refractivity contribution is 0.0541. The Labute approximate surface area is 152 Å². The predicted molar refractivity (Wildman–Crippen MR) is 97.3 cm³/mol. The van der Waals surface area contributed by atoms with E-state index >= 15 is 0 Å². The highest BCUT2D eigenvalue weighted by atomic mass is 16.4. The van der Waals surface area contributed by atoms with E-state index in [1.165, 1.54) is 0 Å². The monoisotopic (exact) mass is 360 g/mol. The first-order valence-electron chi connectivity index (χ1n) is 8.33. The van der Waals surface area contributed by atoms with Gasteiger partial charge in [0.05, 0.1) is 23.3 Å². The van der Waals surface area contributed by atoms with Crippen molar-refractivity contribution in [2.24, 2.45) is 0 Å². The third-order valence-electron chi connectivity index (χ3n) is 3.71. The highest BCUT2D eigenvalue weighted by Crippen LogP contribution is 2.17. The molecule has 0 atom stereocenters. The molecule has 6 heteroatoms. The van der Waals surface area contributed by atoms with Gasteiger partial charge in [0.25, 0.3) is 0 Å². The number of carbonyl (C=O) groups is 2. The zero-order valence-electron chi connectivity index (χ0n) is 14.4. The Morgan fingerprint density at radius 2 is 0.885 bits per heavy atom. The predicted octanol–water partition coefficient (Wildman–Crippen LogP) is 3.05. The summed E-state index contributed by atoms with van der Waals surface area (Å²) in [7, 11) is 0. The smallest absolute Gasteiger partial charge is 0.335 e. The summed E-state index contributed by atoms with van der Waals surface area (Å²) in [5, 5.41) is 34.6. The lowest BCUT2D eigenvalue weighted by atomic mass is 9.95. The van der Waals surface area contributed by atoms with Crippen LogP contribution in [-0.2, 0) is 0 Å². The van der Waals surface area contributed by atoms with Crippen molar-refractivity contribution in [3.63, 3.8) is 0 Å². The number of hydrogen-bond acceptors (Lipinski definition) is 4. The largest absolute Gasteiger partial charge is 0.478 e. The second-order valence-electron chi connectivity index (χ2n) is 5.80. The van der Waals surface area contributed by atoms with Crippen LogP contribution in [0, 0.1) is 0 Å². The lowest BCUT2D eigenvalue weighted by Gasteiger charge is -2.20. The normalized spacial score (nSPS) is 18.4. The van der Waals surface area contributed by atoms with E-state index in [0.717, 1.165) is 25.7 Å². The topological polar surface area (TPSA) is 115 Å². The molecule has 0 aliphatic heterocycles. The maximum absolute atomic E-state index is 10.2. The second-order valence-corrected chi connectivity index (χ2v) is 5.80. The molecule has 0 aromatic heterocycles. The zero-order chi connectivity index (χ0) is 19.4. The Bertz CT molecular complexity index is 589. The molecule has 1 aliphatic rings. The van der Waals surface area contributed by atoms with Crippen LogP contribution in [0.3, 0.4) is 0 Å². The van der Waals surface area contributed by atoms with Gasteiger partial charge in [-0.25, -0.2) is 9.59 Å². The Hall–Kier alpha value is -2.70. The van der Waals surface area contributed by atoms with Gasteiger partial charge in [-0.05, 0) is 49.9 Å². The molecule has 3 rings (SSSR count). The van der Waals surface area contributed by atoms with E-state index < -0.39 is 11.9 Å². The van der Waals surface area contributed by atoms with E-state index in [9.17, 15) is 9.59 Å². The number of rotatable bonds is 2. The van der Waals surface area contributed by atoms with Crippen LogP contribution in [0.2, 0.25) is 0 Å². The molecule has 0 bridgehead atoms. The summed E-state index contributed by atoms with van der Waals surface area (Å²) in [5.74, 6) is -1.76. The highest BCUT2D eigenvalue weighted by Gasteiger charge is 2.15. The van der Waals surface area contributed by atoms with Gasteiger partial charge in [-0.1, -0.05) is 36.4 Å². The molecule has 1 saturated carbocycles. The summed E-state index contributed by atoms with van der Waals surface area (Å²) >= 11 is 0. The van der Waals surface area contributed by atoms with E-state index in [4.69, 9.17) is 20.4 Å². The van der Waals surface area contributed by atoms with Gasteiger partial charge in [-0.15, -0.1) is 0 Å². The van der Waals surface area contributed by atoms with Crippen molar-refractivity contribution in [1.82, 2.24) is 0 Å². The standard InChI is InChI=1S/2C7H6O2.C6H12O2/c2*8-7(9)6-4-2-1-3-5-6;7-5-1-2-6(8)4-3-5/h2*1-5H,(H,8,9);5-8H,1-4H2. The van der Waals surface area contributed by atoms with Crippen LogP contribution in [0.4, 0.5) is 0 Å². The molecular weight excluding hydrogens is 336 g/mol. The number of hydrogen-bond donors (Lipinski definition) is 4. The molecular formula is C20H24O6. The fourth-order valence-corrected chi connectivity index (χ4v) is 2.22. The fourth-order valence-electron chi connectivity index (χ4n) is 2.22. The van der Waals surface area contributed by atoms with Gasteiger partial charge < -0.3 is 20.4 Å². The average Bonchev–Trinajstić information content (AvgIpc) is 2.66. The summed E-state index contributed by atoms with van der Waals surface area (Å²) in [4.78, 5) is 20.4. The van der Waals surface area contributed by atoms with E-state index in [1.807, 2.05) is 0 Å². The molecule has 0 heterocycles. The van der Waals surface area contributed by atoms with E-state index in [0.29, 0.717) is 11.1 Å². The van der Waals surface area contributed by atoms with Crippen LogP contribution in [0.15, 0.2) is 60.7 Å². The molecule has 1 fully saturated rings. The SMILES string of the molecule is O=C(O)c1ccccc1.O=C(O)c1ccccc1.OC1CCC(O)CC1. The van der Waals surface area contributed by atoms with Crippen LogP contribution < -0.4 is 0 Å². The first-order valence-corrected chi connectivity index (χ1v) is 8.33. The molecule has 140 valence electrons. The fraction of sp³-hybridized carbons (Fsp3) is 0.300. The van der Waals surface area contributed by atoms with Gasteiger partial charge in [0, 0.05) is 0 Å². The average molecular weight is 360 g/mol. The minimum absolute atomic E-state index is 0.140. The first-order chi connectivity index (χ1) is 12.4. The number of carboxylic acids is 2. The Morgan fingerprint density at radius 3 is 1.08 bits per heavy atom. The Morgan fingerprint density at radius 1 is 0.615 bits per heavy atom. The summed E-state index contributed by atoms with van der Waals surface area (Å²) in [6.07, 6.45) is 2.83. The molecule has 0 radical (unpaired) electrons. The van der Waals surface area contributed by atoms with Crippen LogP contribution >= 0.6 is 0 Å². The van der Waals surface area contributed by atoms with Crippen molar-refractivity contribution in [3.8, 4) is 0 Å². The molecule has 2 aromatic carbocycles. The van der Waals surface area contributed by atoms with E-state index in [1.54, 1.807) is 60.7 Å². The lowest BCUT2D eigenvalue weighted by Crippen LogP contribution is -2.21. The molecule has 6 nitrogen and oxygen atoms in total. The quantitative estimate of drug-likeness (QED) is 0.654. The van der Waals surface area contributed by atoms with Crippen molar-refractivity contribution < 1.29 is 30.0 Å². The Balaban J connectivity index is 0.000000195. The third-order valence-corrected chi connectivity index (χ3v) is 3.71. The number of aliphatic hydroxyl groups excluding tert-OH is 2. The highest BCUT2D eigenvalue weighted by molar-refractivity contribution is 5.87. The van der Waals surface area contributed by atoms with E-state index in [2.05, 4.69) is 0 Å². The minimum atomic E-state index is -0.879. The second kappa shape index (κ2) is 11.8. The molecule has 0 spiro atoms. The van der Waals surface area contributed by atoms with Crippen molar-refractivity contribution in [2.75, 3.05) is 0 Å². The van der Waals surface area contributed by atoms with Gasteiger partial charge >= 0.3 is 11.9 Å². The molecule has 0 unspecified atom stereocenters. The molecule has 0 amide bonds. The summed E-state index contributed by atoms with van der Waals surface area (Å²) in [6.45, 7) is 0. The molecule has 0 saturated heterocycles. The van der Waals surface area contributed by atoms with Crippen molar-refractivity contribution in [2.45, 2.75) is 37.9 Å². The first kappa shape index (κ1) is 21.3. The van der Waals surface area contributed by atoms with Crippen LogP contribution in [0.25, 0.3) is 0 Å². The van der Waals surface area contributed by atoms with Gasteiger partial charge in [-0.2, -0.15) is 0 Å².